The molecule has 0 aliphatic carbocycles. The van der Waals surface area contributed by atoms with Gasteiger partial charge in [0.25, 0.3) is 0 Å². The fourth-order valence-corrected chi connectivity index (χ4v) is 1.77. The quantitative estimate of drug-likeness (QED) is 0.798. The van der Waals surface area contributed by atoms with Gasteiger partial charge >= 0.3 is 5.97 Å². The van der Waals surface area contributed by atoms with E-state index in [1.165, 1.54) is 5.56 Å². The van der Waals surface area contributed by atoms with E-state index in [1.54, 1.807) is 0 Å². The molecule has 0 aromatic heterocycles. The van der Waals surface area contributed by atoms with E-state index < -0.39 is 12.1 Å². The molecule has 0 aliphatic rings. The molecule has 0 heterocycles. The van der Waals surface area contributed by atoms with Crippen LogP contribution in [0, 0.1) is 5.92 Å². The van der Waals surface area contributed by atoms with Crippen molar-refractivity contribution < 1.29 is 15.0 Å². The van der Waals surface area contributed by atoms with Crippen molar-refractivity contribution in [1.82, 2.24) is 0 Å². The van der Waals surface area contributed by atoms with Crippen LogP contribution in [0.4, 0.5) is 0 Å². The summed E-state index contributed by atoms with van der Waals surface area (Å²) in [7, 11) is 0. The first-order valence-electron chi connectivity index (χ1n) is 5.97. The average Bonchev–Trinajstić information content (AvgIpc) is 2.26. The van der Waals surface area contributed by atoms with Gasteiger partial charge in [-0.05, 0) is 29.9 Å². The van der Waals surface area contributed by atoms with Crippen LogP contribution in [-0.2, 0) is 11.2 Å². The minimum absolute atomic E-state index is 0.00505. The Hall–Kier alpha value is -1.35. The highest BCUT2D eigenvalue weighted by atomic mass is 16.4. The molecule has 0 saturated carbocycles. The van der Waals surface area contributed by atoms with Gasteiger partial charge in [0.2, 0.25) is 0 Å². The van der Waals surface area contributed by atoms with Crippen LogP contribution in [0.15, 0.2) is 24.3 Å². The number of carboxylic acid groups (broad SMARTS) is 1. The van der Waals surface area contributed by atoms with Gasteiger partial charge in [-0.1, -0.05) is 38.1 Å². The van der Waals surface area contributed by atoms with Gasteiger partial charge in [-0.3, -0.25) is 4.79 Å². The largest absolute Gasteiger partial charge is 0.481 e. The van der Waals surface area contributed by atoms with Crippen molar-refractivity contribution in [2.75, 3.05) is 0 Å². The molecule has 2 N–H and O–H groups in total. The zero-order valence-corrected chi connectivity index (χ0v) is 10.4. The third-order valence-electron chi connectivity index (χ3n) is 2.64. The van der Waals surface area contributed by atoms with E-state index in [1.807, 2.05) is 24.3 Å². The van der Waals surface area contributed by atoms with Gasteiger partial charge in [0.15, 0.2) is 0 Å². The second-order valence-corrected chi connectivity index (χ2v) is 4.79. The van der Waals surface area contributed by atoms with Crippen LogP contribution < -0.4 is 0 Å². The summed E-state index contributed by atoms with van der Waals surface area (Å²) < 4.78 is 0. The van der Waals surface area contributed by atoms with E-state index in [9.17, 15) is 9.90 Å². The highest BCUT2D eigenvalue weighted by Crippen LogP contribution is 2.19. The molecule has 3 nitrogen and oxygen atoms in total. The lowest BCUT2D eigenvalue weighted by molar-refractivity contribution is -0.137. The summed E-state index contributed by atoms with van der Waals surface area (Å²) in [6.45, 7) is 4.32. The Labute approximate surface area is 102 Å². The van der Waals surface area contributed by atoms with Crippen molar-refractivity contribution in [2.45, 2.75) is 39.2 Å². The van der Waals surface area contributed by atoms with Gasteiger partial charge < -0.3 is 10.2 Å². The van der Waals surface area contributed by atoms with Crippen LogP contribution in [0.1, 0.15) is 43.9 Å². The smallest absolute Gasteiger partial charge is 0.303 e. The second-order valence-electron chi connectivity index (χ2n) is 4.79. The van der Waals surface area contributed by atoms with Crippen molar-refractivity contribution >= 4 is 5.97 Å². The molecular weight excluding hydrogens is 216 g/mol. The highest BCUT2D eigenvalue weighted by molar-refractivity contribution is 5.66. The molecule has 0 saturated heterocycles. The topological polar surface area (TPSA) is 57.5 Å². The monoisotopic (exact) mass is 236 g/mol. The standard InChI is InChI=1S/C14H20O3/c1-10(2)9-11-3-5-12(6-4-11)13(15)7-8-14(16)17/h3-6,10,13,15H,7-9H2,1-2H3,(H,16,17). The van der Waals surface area contributed by atoms with Crippen molar-refractivity contribution in [2.24, 2.45) is 5.92 Å². The summed E-state index contributed by atoms with van der Waals surface area (Å²) in [5.74, 6) is -0.265. The lowest BCUT2D eigenvalue weighted by atomic mass is 9.99. The molecule has 0 aliphatic heterocycles. The number of rotatable bonds is 6. The molecule has 1 aromatic rings. The lowest BCUT2D eigenvalue weighted by Crippen LogP contribution is -2.03. The maximum Gasteiger partial charge on any atom is 0.303 e. The van der Waals surface area contributed by atoms with Crippen LogP contribution in [0.2, 0.25) is 0 Å². The molecule has 1 unspecified atom stereocenters. The number of benzene rings is 1. The number of aliphatic carboxylic acids is 1. The van der Waals surface area contributed by atoms with Gasteiger partial charge in [-0.2, -0.15) is 0 Å². The van der Waals surface area contributed by atoms with Crippen LogP contribution in [0.3, 0.4) is 0 Å². The SMILES string of the molecule is CC(C)Cc1ccc(C(O)CCC(=O)O)cc1. The van der Waals surface area contributed by atoms with E-state index in [4.69, 9.17) is 5.11 Å². The summed E-state index contributed by atoms with van der Waals surface area (Å²) in [5, 5.41) is 18.3. The first-order chi connectivity index (χ1) is 7.99. The Morgan fingerprint density at radius 2 is 1.82 bits per heavy atom. The van der Waals surface area contributed by atoms with Crippen molar-refractivity contribution in [3.8, 4) is 0 Å². The summed E-state index contributed by atoms with van der Waals surface area (Å²) >= 11 is 0. The van der Waals surface area contributed by atoms with Crippen molar-refractivity contribution in [3.05, 3.63) is 35.4 Å². The maximum absolute atomic E-state index is 10.4. The van der Waals surface area contributed by atoms with Crippen LogP contribution in [0.5, 0.6) is 0 Å². The molecular formula is C14H20O3. The lowest BCUT2D eigenvalue weighted by Gasteiger charge is -2.11. The number of hydrogen-bond donors (Lipinski definition) is 2. The van der Waals surface area contributed by atoms with Crippen molar-refractivity contribution in [3.63, 3.8) is 0 Å². The van der Waals surface area contributed by atoms with Gasteiger partial charge in [-0.25, -0.2) is 0 Å². The number of hydrogen-bond acceptors (Lipinski definition) is 2. The number of carboxylic acids is 1. The molecule has 1 atom stereocenters. The normalized spacial score (nSPS) is 12.7. The molecule has 3 heteroatoms. The number of carbonyl (C=O) groups is 1. The molecule has 0 amide bonds. The molecule has 0 radical (unpaired) electrons. The Morgan fingerprint density at radius 3 is 2.29 bits per heavy atom. The zero-order valence-electron chi connectivity index (χ0n) is 10.4. The minimum atomic E-state index is -0.875. The Kier molecular flexibility index (Phi) is 5.16. The predicted octanol–water partition coefficient (Wildman–Crippen LogP) is 2.78. The molecule has 0 spiro atoms. The molecule has 94 valence electrons. The summed E-state index contributed by atoms with van der Waals surface area (Å²) in [4.78, 5) is 10.4. The van der Waals surface area contributed by atoms with Gasteiger partial charge in [-0.15, -0.1) is 0 Å². The third-order valence-corrected chi connectivity index (χ3v) is 2.64. The minimum Gasteiger partial charge on any atom is -0.481 e. The van der Waals surface area contributed by atoms with E-state index in [-0.39, 0.29) is 12.8 Å². The average molecular weight is 236 g/mol. The summed E-state index contributed by atoms with van der Waals surface area (Å²) in [6, 6.07) is 7.76. The maximum atomic E-state index is 10.4. The van der Waals surface area contributed by atoms with E-state index in [0.29, 0.717) is 5.92 Å². The first-order valence-corrected chi connectivity index (χ1v) is 5.97. The zero-order chi connectivity index (χ0) is 12.8. The summed E-state index contributed by atoms with van der Waals surface area (Å²) in [5.41, 5.74) is 2.04. The van der Waals surface area contributed by atoms with Crippen LogP contribution >= 0.6 is 0 Å². The van der Waals surface area contributed by atoms with E-state index in [2.05, 4.69) is 13.8 Å². The molecule has 1 rings (SSSR count). The molecule has 0 fully saturated rings. The van der Waals surface area contributed by atoms with Crippen molar-refractivity contribution in [1.29, 1.82) is 0 Å². The van der Waals surface area contributed by atoms with Crippen LogP contribution in [-0.4, -0.2) is 16.2 Å². The fraction of sp³-hybridized carbons (Fsp3) is 0.500. The predicted molar refractivity (Wildman–Crippen MR) is 66.8 cm³/mol. The number of aliphatic hydroxyl groups is 1. The van der Waals surface area contributed by atoms with E-state index >= 15 is 0 Å². The van der Waals surface area contributed by atoms with Gasteiger partial charge in [0, 0.05) is 6.42 Å². The van der Waals surface area contributed by atoms with Crippen LogP contribution in [0.25, 0.3) is 0 Å². The second kappa shape index (κ2) is 6.40. The molecule has 0 bridgehead atoms. The number of aliphatic hydroxyl groups excluding tert-OH is 1. The summed E-state index contributed by atoms with van der Waals surface area (Å²) in [6.07, 6.45) is 0.596. The molecule has 17 heavy (non-hydrogen) atoms. The van der Waals surface area contributed by atoms with Gasteiger partial charge in [0.1, 0.15) is 0 Å². The third kappa shape index (κ3) is 5.00. The fourth-order valence-electron chi connectivity index (χ4n) is 1.77. The van der Waals surface area contributed by atoms with E-state index in [0.717, 1.165) is 12.0 Å². The molecule has 1 aromatic carbocycles. The Balaban J connectivity index is 2.57. The Morgan fingerprint density at radius 1 is 1.24 bits per heavy atom. The first kappa shape index (κ1) is 13.7. The Bertz CT molecular complexity index is 354. The highest BCUT2D eigenvalue weighted by Gasteiger charge is 2.09. The van der Waals surface area contributed by atoms with Gasteiger partial charge in [0.05, 0.1) is 6.10 Å².